The van der Waals surface area contributed by atoms with Crippen molar-refractivity contribution in [2.45, 2.75) is 13.0 Å². The summed E-state index contributed by atoms with van der Waals surface area (Å²) in [6.45, 7) is 2.97. The number of nitrogens with one attached hydrogen (secondary N) is 1. The lowest BCUT2D eigenvalue weighted by atomic mass is 9.97. The Morgan fingerprint density at radius 1 is 1.05 bits per heavy atom. The lowest BCUT2D eigenvalue weighted by Gasteiger charge is -2.22. The summed E-state index contributed by atoms with van der Waals surface area (Å²) in [6, 6.07) is 14.3. The number of para-hydroxylation sites is 1. The summed E-state index contributed by atoms with van der Waals surface area (Å²) in [5, 5.41) is 3.51. The maximum absolute atomic E-state index is 5.49. The minimum Gasteiger partial charge on any atom is -0.496 e. The minimum atomic E-state index is 0.0772. The van der Waals surface area contributed by atoms with E-state index in [9.17, 15) is 0 Å². The second kappa shape index (κ2) is 7.48. The van der Waals surface area contributed by atoms with Crippen LogP contribution in [0.3, 0.4) is 0 Å². The average molecular weight is 350 g/mol. The molecule has 2 aromatic rings. The Bertz CT molecular complexity index is 601. The molecule has 0 heterocycles. The van der Waals surface area contributed by atoms with Crippen LogP contribution in [-0.2, 0) is 0 Å². The van der Waals surface area contributed by atoms with Crippen LogP contribution in [0.15, 0.2) is 46.9 Å². The van der Waals surface area contributed by atoms with Crippen LogP contribution in [-0.4, -0.2) is 20.8 Å². The van der Waals surface area contributed by atoms with Crippen molar-refractivity contribution in [3.63, 3.8) is 0 Å². The van der Waals surface area contributed by atoms with E-state index in [1.165, 1.54) is 0 Å². The van der Waals surface area contributed by atoms with Crippen LogP contribution in [0.25, 0.3) is 0 Å². The van der Waals surface area contributed by atoms with E-state index in [-0.39, 0.29) is 6.04 Å². The van der Waals surface area contributed by atoms with Gasteiger partial charge in [-0.1, -0.05) is 31.2 Å². The lowest BCUT2D eigenvalue weighted by molar-refractivity contribution is 0.404. The van der Waals surface area contributed by atoms with Crippen molar-refractivity contribution in [3.8, 4) is 11.5 Å². The zero-order chi connectivity index (χ0) is 15.2. The van der Waals surface area contributed by atoms with Crippen LogP contribution in [0.4, 0.5) is 0 Å². The summed E-state index contributed by atoms with van der Waals surface area (Å²) in [4.78, 5) is 0. The van der Waals surface area contributed by atoms with Crippen LogP contribution in [0.2, 0.25) is 0 Å². The van der Waals surface area contributed by atoms with E-state index in [1.807, 2.05) is 24.3 Å². The molecule has 1 unspecified atom stereocenters. The lowest BCUT2D eigenvalue weighted by Crippen LogP contribution is -2.22. The quantitative estimate of drug-likeness (QED) is 0.848. The summed E-state index contributed by atoms with van der Waals surface area (Å²) in [7, 11) is 3.37. The van der Waals surface area contributed by atoms with Crippen molar-refractivity contribution < 1.29 is 9.47 Å². The van der Waals surface area contributed by atoms with Gasteiger partial charge < -0.3 is 14.8 Å². The van der Waals surface area contributed by atoms with Gasteiger partial charge in [0.25, 0.3) is 0 Å². The standard InChI is InChI=1S/C17H20BrNO2/c1-4-19-17(13-7-5-6-8-15(13)20-2)12-9-10-16(21-3)14(18)11-12/h5-11,17,19H,4H2,1-3H3. The smallest absolute Gasteiger partial charge is 0.133 e. The molecule has 0 aliphatic carbocycles. The van der Waals surface area contributed by atoms with Gasteiger partial charge in [-0.05, 0) is 46.2 Å². The van der Waals surface area contributed by atoms with Crippen LogP contribution < -0.4 is 14.8 Å². The minimum absolute atomic E-state index is 0.0772. The Kier molecular flexibility index (Phi) is 5.65. The van der Waals surface area contributed by atoms with Gasteiger partial charge in [0.05, 0.1) is 24.7 Å². The fourth-order valence-corrected chi connectivity index (χ4v) is 2.94. The maximum atomic E-state index is 5.49. The molecular formula is C17H20BrNO2. The van der Waals surface area contributed by atoms with Crippen LogP contribution >= 0.6 is 15.9 Å². The van der Waals surface area contributed by atoms with Crippen molar-refractivity contribution >= 4 is 15.9 Å². The molecule has 21 heavy (non-hydrogen) atoms. The molecule has 1 atom stereocenters. The van der Waals surface area contributed by atoms with Gasteiger partial charge in [-0.15, -0.1) is 0 Å². The van der Waals surface area contributed by atoms with Gasteiger partial charge in [-0.25, -0.2) is 0 Å². The average Bonchev–Trinajstić information content (AvgIpc) is 2.52. The topological polar surface area (TPSA) is 30.5 Å². The van der Waals surface area contributed by atoms with Crippen molar-refractivity contribution in [2.75, 3.05) is 20.8 Å². The monoisotopic (exact) mass is 349 g/mol. The Labute approximate surface area is 134 Å². The Morgan fingerprint density at radius 2 is 1.76 bits per heavy atom. The molecule has 2 aromatic carbocycles. The molecule has 0 aromatic heterocycles. The third-order valence-electron chi connectivity index (χ3n) is 3.37. The van der Waals surface area contributed by atoms with Gasteiger partial charge in [0, 0.05) is 5.56 Å². The molecule has 112 valence electrons. The molecule has 0 saturated heterocycles. The first-order valence-electron chi connectivity index (χ1n) is 6.91. The van der Waals surface area contributed by atoms with E-state index in [0.29, 0.717) is 0 Å². The number of ether oxygens (including phenoxy) is 2. The molecular weight excluding hydrogens is 330 g/mol. The summed E-state index contributed by atoms with van der Waals surface area (Å²) in [5.41, 5.74) is 2.29. The number of hydrogen-bond donors (Lipinski definition) is 1. The first-order valence-corrected chi connectivity index (χ1v) is 7.70. The molecule has 4 heteroatoms. The molecule has 0 spiro atoms. The SMILES string of the molecule is CCNC(c1ccc(OC)c(Br)c1)c1ccccc1OC. The second-order valence-corrected chi connectivity index (χ2v) is 5.48. The highest BCUT2D eigenvalue weighted by atomic mass is 79.9. The van der Waals surface area contributed by atoms with E-state index < -0.39 is 0 Å². The van der Waals surface area contributed by atoms with Crippen LogP contribution in [0.5, 0.6) is 11.5 Å². The van der Waals surface area contributed by atoms with E-state index in [0.717, 1.165) is 33.6 Å². The van der Waals surface area contributed by atoms with E-state index >= 15 is 0 Å². The highest BCUT2D eigenvalue weighted by Gasteiger charge is 2.18. The fourth-order valence-electron chi connectivity index (χ4n) is 2.38. The van der Waals surface area contributed by atoms with Gasteiger partial charge in [-0.3, -0.25) is 0 Å². The van der Waals surface area contributed by atoms with Crippen molar-refractivity contribution in [1.29, 1.82) is 0 Å². The summed E-state index contributed by atoms with van der Waals surface area (Å²) in [6.07, 6.45) is 0. The largest absolute Gasteiger partial charge is 0.496 e. The molecule has 2 rings (SSSR count). The van der Waals surface area contributed by atoms with E-state index in [1.54, 1.807) is 14.2 Å². The fraction of sp³-hybridized carbons (Fsp3) is 0.294. The number of benzene rings is 2. The molecule has 3 nitrogen and oxygen atoms in total. The summed E-state index contributed by atoms with van der Waals surface area (Å²) in [5.74, 6) is 1.71. The Balaban J connectivity index is 2.45. The summed E-state index contributed by atoms with van der Waals surface area (Å²) < 4.78 is 11.7. The zero-order valence-corrected chi connectivity index (χ0v) is 14.1. The first kappa shape index (κ1) is 15.9. The molecule has 0 saturated carbocycles. The second-order valence-electron chi connectivity index (χ2n) is 4.63. The molecule has 0 aliphatic heterocycles. The predicted molar refractivity (Wildman–Crippen MR) is 89.2 cm³/mol. The molecule has 0 fully saturated rings. The maximum Gasteiger partial charge on any atom is 0.133 e. The van der Waals surface area contributed by atoms with Gasteiger partial charge >= 0.3 is 0 Å². The predicted octanol–water partition coefficient (Wildman–Crippen LogP) is 4.17. The normalized spacial score (nSPS) is 12.0. The number of hydrogen-bond acceptors (Lipinski definition) is 3. The molecule has 0 aliphatic rings. The Morgan fingerprint density at radius 3 is 2.38 bits per heavy atom. The molecule has 0 radical (unpaired) electrons. The zero-order valence-electron chi connectivity index (χ0n) is 12.5. The van der Waals surface area contributed by atoms with Gasteiger partial charge in [0.1, 0.15) is 11.5 Å². The van der Waals surface area contributed by atoms with Crippen LogP contribution in [0.1, 0.15) is 24.1 Å². The van der Waals surface area contributed by atoms with Gasteiger partial charge in [0.15, 0.2) is 0 Å². The van der Waals surface area contributed by atoms with Crippen molar-refractivity contribution in [2.24, 2.45) is 0 Å². The van der Waals surface area contributed by atoms with Crippen molar-refractivity contribution in [1.82, 2.24) is 5.32 Å². The Hall–Kier alpha value is -1.52. The molecule has 1 N–H and O–H groups in total. The number of methoxy groups -OCH3 is 2. The van der Waals surface area contributed by atoms with E-state index in [2.05, 4.69) is 46.4 Å². The van der Waals surface area contributed by atoms with Crippen LogP contribution in [0, 0.1) is 0 Å². The van der Waals surface area contributed by atoms with Gasteiger partial charge in [0.2, 0.25) is 0 Å². The number of halogens is 1. The first-order chi connectivity index (χ1) is 10.2. The third kappa shape index (κ3) is 3.57. The highest BCUT2D eigenvalue weighted by molar-refractivity contribution is 9.10. The van der Waals surface area contributed by atoms with E-state index in [4.69, 9.17) is 9.47 Å². The van der Waals surface area contributed by atoms with Gasteiger partial charge in [-0.2, -0.15) is 0 Å². The molecule has 0 bridgehead atoms. The number of rotatable bonds is 6. The molecule has 0 amide bonds. The summed E-state index contributed by atoms with van der Waals surface area (Å²) >= 11 is 3.55. The highest BCUT2D eigenvalue weighted by Crippen LogP contribution is 2.33. The van der Waals surface area contributed by atoms with Crippen molar-refractivity contribution in [3.05, 3.63) is 58.1 Å². The third-order valence-corrected chi connectivity index (χ3v) is 3.99.